The average Bonchev–Trinajstić information content (AvgIpc) is 2.67. The van der Waals surface area contributed by atoms with Gasteiger partial charge < -0.3 is 19.6 Å². The van der Waals surface area contributed by atoms with Crippen molar-refractivity contribution in [3.8, 4) is 18.1 Å². The fourth-order valence-electron chi connectivity index (χ4n) is 2.15. The first-order valence-corrected chi connectivity index (χ1v) is 6.51. The molecule has 0 bridgehead atoms. The third kappa shape index (κ3) is 3.66. The van der Waals surface area contributed by atoms with E-state index < -0.39 is 18.5 Å². The highest BCUT2D eigenvalue weighted by Gasteiger charge is 2.25. The summed E-state index contributed by atoms with van der Waals surface area (Å²) in [4.78, 5) is 25.9. The maximum Gasteiger partial charge on any atom is 0.323 e. The maximum atomic E-state index is 12.4. The van der Waals surface area contributed by atoms with E-state index in [0.717, 1.165) is 16.2 Å². The number of hydrogen-bond donors (Lipinski definition) is 1. The van der Waals surface area contributed by atoms with Crippen LogP contribution in [0.1, 0.15) is 5.56 Å². The number of nitrogens with zero attached hydrogens (tertiary/aromatic N) is 2. The standard InChI is InChI=1S/C15H16N2O4/c1-2-7-16(11-14(18)19)15(20)17-8-9-21-13-6-4-3-5-12(13)10-17/h1,3-6H,7-11H2,(H,18,19). The molecule has 21 heavy (non-hydrogen) atoms. The molecule has 2 amide bonds. The molecule has 1 aromatic rings. The van der Waals surface area contributed by atoms with Gasteiger partial charge in [0.15, 0.2) is 0 Å². The number of aliphatic carboxylic acids is 1. The van der Waals surface area contributed by atoms with Crippen molar-refractivity contribution in [3.05, 3.63) is 29.8 Å². The van der Waals surface area contributed by atoms with Crippen LogP contribution in [0.2, 0.25) is 0 Å². The van der Waals surface area contributed by atoms with Crippen LogP contribution in [0.5, 0.6) is 5.75 Å². The Labute approximate surface area is 122 Å². The summed E-state index contributed by atoms with van der Waals surface area (Å²) in [6.07, 6.45) is 5.20. The molecule has 0 unspecified atom stereocenters. The molecule has 1 aliphatic rings. The number of urea groups is 1. The van der Waals surface area contributed by atoms with E-state index in [1.165, 1.54) is 0 Å². The first kappa shape index (κ1) is 14.7. The van der Waals surface area contributed by atoms with Gasteiger partial charge in [-0.3, -0.25) is 4.79 Å². The van der Waals surface area contributed by atoms with Gasteiger partial charge in [-0.2, -0.15) is 0 Å². The number of para-hydroxylation sites is 1. The van der Waals surface area contributed by atoms with Crippen LogP contribution in [0.15, 0.2) is 24.3 Å². The van der Waals surface area contributed by atoms with Crippen molar-refractivity contribution in [3.63, 3.8) is 0 Å². The van der Waals surface area contributed by atoms with Crippen molar-refractivity contribution in [2.45, 2.75) is 6.54 Å². The molecule has 110 valence electrons. The zero-order valence-corrected chi connectivity index (χ0v) is 11.5. The zero-order valence-electron chi connectivity index (χ0n) is 11.5. The number of rotatable bonds is 3. The molecule has 0 radical (unpaired) electrons. The van der Waals surface area contributed by atoms with E-state index in [4.69, 9.17) is 16.3 Å². The zero-order chi connectivity index (χ0) is 15.2. The van der Waals surface area contributed by atoms with E-state index in [2.05, 4.69) is 5.92 Å². The lowest BCUT2D eigenvalue weighted by Crippen LogP contribution is -2.46. The predicted molar refractivity (Wildman–Crippen MR) is 75.8 cm³/mol. The lowest BCUT2D eigenvalue weighted by molar-refractivity contribution is -0.137. The van der Waals surface area contributed by atoms with Crippen molar-refractivity contribution in [2.24, 2.45) is 0 Å². The van der Waals surface area contributed by atoms with Gasteiger partial charge in [0.25, 0.3) is 0 Å². The molecule has 1 aliphatic heterocycles. The number of fused-ring (bicyclic) bond motifs is 1. The van der Waals surface area contributed by atoms with Crippen molar-refractivity contribution in [1.29, 1.82) is 0 Å². The monoisotopic (exact) mass is 288 g/mol. The number of benzene rings is 1. The van der Waals surface area contributed by atoms with Gasteiger partial charge >= 0.3 is 12.0 Å². The summed E-state index contributed by atoms with van der Waals surface area (Å²) in [5.74, 6) is 1.96. The molecule has 0 aliphatic carbocycles. The Morgan fingerprint density at radius 2 is 2.19 bits per heavy atom. The molecule has 6 nitrogen and oxygen atoms in total. The summed E-state index contributed by atoms with van der Waals surface area (Å²) in [5, 5.41) is 8.87. The normalized spacial score (nSPS) is 13.4. The number of terminal acetylenes is 1. The van der Waals surface area contributed by atoms with Crippen LogP contribution in [0, 0.1) is 12.3 Å². The van der Waals surface area contributed by atoms with Gasteiger partial charge in [0, 0.05) is 5.56 Å². The van der Waals surface area contributed by atoms with E-state index in [-0.39, 0.29) is 6.54 Å². The quantitative estimate of drug-likeness (QED) is 0.843. The fourth-order valence-corrected chi connectivity index (χ4v) is 2.15. The predicted octanol–water partition coefficient (Wildman–Crippen LogP) is 1.02. The lowest BCUT2D eigenvalue weighted by atomic mass is 10.2. The number of ether oxygens (including phenoxy) is 1. The van der Waals surface area contributed by atoms with Gasteiger partial charge in [0.1, 0.15) is 18.9 Å². The Bertz CT molecular complexity index is 579. The van der Waals surface area contributed by atoms with E-state index in [1.54, 1.807) is 4.90 Å². The SMILES string of the molecule is C#CCN(CC(=O)O)C(=O)N1CCOc2ccccc2C1. The molecular weight excluding hydrogens is 272 g/mol. The van der Waals surface area contributed by atoms with Crippen LogP contribution in [-0.2, 0) is 11.3 Å². The van der Waals surface area contributed by atoms with Gasteiger partial charge in [0.05, 0.1) is 19.6 Å². The maximum absolute atomic E-state index is 12.4. The molecule has 0 saturated carbocycles. The van der Waals surface area contributed by atoms with Crippen molar-refractivity contribution < 1.29 is 19.4 Å². The number of carbonyl (C=O) groups is 2. The number of carbonyl (C=O) groups excluding carboxylic acids is 1. The Balaban J connectivity index is 2.15. The topological polar surface area (TPSA) is 70.1 Å². The molecule has 2 rings (SSSR count). The summed E-state index contributed by atoms with van der Waals surface area (Å²) < 4.78 is 5.58. The summed E-state index contributed by atoms with van der Waals surface area (Å²) in [6, 6.07) is 7.07. The van der Waals surface area contributed by atoms with Gasteiger partial charge in [-0.15, -0.1) is 6.42 Å². The third-order valence-corrected chi connectivity index (χ3v) is 3.10. The van der Waals surface area contributed by atoms with E-state index in [0.29, 0.717) is 19.7 Å². The number of carboxylic acid groups (broad SMARTS) is 1. The Kier molecular flexibility index (Phi) is 4.67. The second kappa shape index (κ2) is 6.66. The number of amides is 2. The van der Waals surface area contributed by atoms with E-state index in [9.17, 15) is 9.59 Å². The van der Waals surface area contributed by atoms with Crippen molar-refractivity contribution in [1.82, 2.24) is 9.80 Å². The molecule has 0 spiro atoms. The molecule has 1 N–H and O–H groups in total. The number of hydrogen-bond acceptors (Lipinski definition) is 3. The summed E-state index contributed by atoms with van der Waals surface area (Å²) in [7, 11) is 0. The summed E-state index contributed by atoms with van der Waals surface area (Å²) in [5.41, 5.74) is 0.888. The van der Waals surface area contributed by atoms with Crippen LogP contribution in [0.25, 0.3) is 0 Å². The first-order valence-electron chi connectivity index (χ1n) is 6.51. The summed E-state index contributed by atoms with van der Waals surface area (Å²) >= 11 is 0. The highest BCUT2D eigenvalue weighted by atomic mass is 16.5. The first-order chi connectivity index (χ1) is 10.1. The van der Waals surface area contributed by atoms with Crippen LogP contribution in [0.4, 0.5) is 4.79 Å². The molecular formula is C15H16N2O4. The molecule has 0 saturated heterocycles. The van der Waals surface area contributed by atoms with Gasteiger partial charge in [-0.05, 0) is 6.07 Å². The molecule has 1 heterocycles. The van der Waals surface area contributed by atoms with Crippen LogP contribution in [-0.4, -0.2) is 53.1 Å². The highest BCUT2D eigenvalue weighted by molar-refractivity contribution is 5.80. The van der Waals surface area contributed by atoms with Crippen LogP contribution in [0.3, 0.4) is 0 Å². The second-order valence-corrected chi connectivity index (χ2v) is 4.61. The number of carboxylic acids is 1. The third-order valence-electron chi connectivity index (χ3n) is 3.10. The highest BCUT2D eigenvalue weighted by Crippen LogP contribution is 2.22. The van der Waals surface area contributed by atoms with Crippen LogP contribution < -0.4 is 4.74 Å². The molecule has 0 atom stereocenters. The largest absolute Gasteiger partial charge is 0.491 e. The van der Waals surface area contributed by atoms with Gasteiger partial charge in [-0.25, -0.2) is 4.79 Å². The average molecular weight is 288 g/mol. The fraction of sp³-hybridized carbons (Fsp3) is 0.333. The molecule has 0 aromatic heterocycles. The Morgan fingerprint density at radius 3 is 2.90 bits per heavy atom. The molecule has 6 heteroatoms. The van der Waals surface area contributed by atoms with E-state index >= 15 is 0 Å². The smallest absolute Gasteiger partial charge is 0.323 e. The van der Waals surface area contributed by atoms with Gasteiger partial charge in [-0.1, -0.05) is 24.1 Å². The summed E-state index contributed by atoms with van der Waals surface area (Å²) in [6.45, 7) is 0.662. The van der Waals surface area contributed by atoms with Crippen LogP contribution >= 0.6 is 0 Å². The lowest BCUT2D eigenvalue weighted by Gasteiger charge is -2.27. The Morgan fingerprint density at radius 1 is 1.43 bits per heavy atom. The van der Waals surface area contributed by atoms with E-state index in [1.807, 2.05) is 24.3 Å². The molecule has 0 fully saturated rings. The minimum atomic E-state index is -1.09. The minimum absolute atomic E-state index is 0.0376. The van der Waals surface area contributed by atoms with Crippen molar-refractivity contribution >= 4 is 12.0 Å². The van der Waals surface area contributed by atoms with Gasteiger partial charge in [0.2, 0.25) is 0 Å². The van der Waals surface area contributed by atoms with Crippen molar-refractivity contribution in [2.75, 3.05) is 26.2 Å². The second-order valence-electron chi connectivity index (χ2n) is 4.61. The minimum Gasteiger partial charge on any atom is -0.491 e. The Hall–Kier alpha value is -2.68. The molecule has 1 aromatic carbocycles.